The average Bonchev–Trinajstić information content (AvgIpc) is 2.16. The normalized spacial score (nSPS) is 12.2. The molecule has 1 atom stereocenters. The summed E-state index contributed by atoms with van der Waals surface area (Å²) in [5, 5.41) is 0. The molecule has 1 unspecified atom stereocenters. The third-order valence-corrected chi connectivity index (χ3v) is 2.01. The Bertz CT molecular complexity index is 264. The molecule has 0 heterocycles. The second-order valence-corrected chi connectivity index (χ2v) is 3.01. The topological polar surface area (TPSA) is 26.3 Å². The Morgan fingerprint density at radius 2 is 2.00 bits per heavy atom. The fourth-order valence-electron chi connectivity index (χ4n) is 1.23. The maximum absolute atomic E-state index is 10.1. The second-order valence-electron chi connectivity index (χ2n) is 3.01. The highest BCUT2D eigenvalue weighted by Crippen LogP contribution is 2.20. The van der Waals surface area contributed by atoms with Crippen molar-refractivity contribution in [3.8, 4) is 0 Å². The number of benzene rings is 1. The van der Waals surface area contributed by atoms with Crippen LogP contribution in [-0.2, 0) is 9.53 Å². The summed E-state index contributed by atoms with van der Waals surface area (Å²) in [4.78, 5) is 10.1. The SMILES string of the molecule is CCC(O[C]=O)c1ccc(C)cc1. The summed E-state index contributed by atoms with van der Waals surface area (Å²) in [5.41, 5.74) is 2.23. The van der Waals surface area contributed by atoms with E-state index in [1.807, 2.05) is 38.1 Å². The van der Waals surface area contributed by atoms with Crippen molar-refractivity contribution in [1.82, 2.24) is 0 Å². The molecule has 2 nitrogen and oxygen atoms in total. The van der Waals surface area contributed by atoms with Crippen LogP contribution in [0.4, 0.5) is 0 Å². The first-order valence-corrected chi connectivity index (χ1v) is 4.37. The molecule has 0 N–H and O–H groups in total. The molecule has 0 spiro atoms. The minimum absolute atomic E-state index is 0.155. The van der Waals surface area contributed by atoms with Gasteiger partial charge in [0.05, 0.1) is 0 Å². The molecule has 0 saturated heterocycles. The van der Waals surface area contributed by atoms with Crippen LogP contribution >= 0.6 is 0 Å². The minimum atomic E-state index is -0.155. The van der Waals surface area contributed by atoms with E-state index in [0.717, 1.165) is 12.0 Å². The van der Waals surface area contributed by atoms with E-state index in [1.165, 1.54) is 12.0 Å². The highest BCUT2D eigenvalue weighted by Gasteiger charge is 2.08. The quantitative estimate of drug-likeness (QED) is 0.706. The van der Waals surface area contributed by atoms with Crippen LogP contribution in [-0.4, -0.2) is 6.47 Å². The lowest BCUT2D eigenvalue weighted by atomic mass is 10.1. The molecule has 1 aromatic rings. The molecule has 0 fully saturated rings. The van der Waals surface area contributed by atoms with Crippen LogP contribution in [0.2, 0.25) is 0 Å². The molecule has 1 rings (SSSR count). The minimum Gasteiger partial charge on any atom is -0.449 e. The zero-order chi connectivity index (χ0) is 9.68. The smallest absolute Gasteiger partial charge is 0.418 e. The number of carbonyl (C=O) groups excluding carboxylic acids is 1. The molecule has 0 bridgehead atoms. The van der Waals surface area contributed by atoms with E-state index >= 15 is 0 Å². The van der Waals surface area contributed by atoms with Crippen molar-refractivity contribution in [2.45, 2.75) is 26.4 Å². The Labute approximate surface area is 78.5 Å². The fourth-order valence-corrected chi connectivity index (χ4v) is 1.23. The van der Waals surface area contributed by atoms with Crippen molar-refractivity contribution in [3.63, 3.8) is 0 Å². The van der Waals surface area contributed by atoms with Gasteiger partial charge in [0.2, 0.25) is 0 Å². The first-order chi connectivity index (χ1) is 6.27. The maximum atomic E-state index is 10.1. The fraction of sp³-hybridized carbons (Fsp3) is 0.364. The van der Waals surface area contributed by atoms with Gasteiger partial charge in [0, 0.05) is 0 Å². The summed E-state index contributed by atoms with van der Waals surface area (Å²) in [5.74, 6) is 0. The molecular formula is C11H13O2. The number of ether oxygens (including phenoxy) is 1. The number of hydrogen-bond donors (Lipinski definition) is 0. The summed E-state index contributed by atoms with van der Waals surface area (Å²) < 4.78 is 4.81. The lowest BCUT2D eigenvalue weighted by Crippen LogP contribution is -2.01. The van der Waals surface area contributed by atoms with Gasteiger partial charge in [0.25, 0.3) is 0 Å². The predicted octanol–water partition coefficient (Wildman–Crippen LogP) is 2.53. The number of rotatable bonds is 4. The van der Waals surface area contributed by atoms with Gasteiger partial charge in [-0.25, -0.2) is 4.79 Å². The zero-order valence-corrected chi connectivity index (χ0v) is 7.91. The Kier molecular flexibility index (Phi) is 3.50. The average molecular weight is 177 g/mol. The lowest BCUT2D eigenvalue weighted by Gasteiger charge is -2.12. The van der Waals surface area contributed by atoms with E-state index in [-0.39, 0.29) is 6.10 Å². The molecule has 1 aromatic carbocycles. The van der Waals surface area contributed by atoms with Crippen molar-refractivity contribution < 1.29 is 9.53 Å². The van der Waals surface area contributed by atoms with Crippen LogP contribution in [0.25, 0.3) is 0 Å². The van der Waals surface area contributed by atoms with Crippen LogP contribution in [0.5, 0.6) is 0 Å². The molecule has 0 saturated carbocycles. The van der Waals surface area contributed by atoms with E-state index < -0.39 is 0 Å². The number of aryl methyl sites for hydroxylation is 1. The van der Waals surface area contributed by atoms with Crippen LogP contribution < -0.4 is 0 Å². The van der Waals surface area contributed by atoms with Crippen LogP contribution in [0, 0.1) is 6.92 Å². The molecular weight excluding hydrogens is 164 g/mol. The van der Waals surface area contributed by atoms with Crippen LogP contribution in [0.1, 0.15) is 30.6 Å². The summed E-state index contributed by atoms with van der Waals surface area (Å²) >= 11 is 0. The van der Waals surface area contributed by atoms with Gasteiger partial charge in [0.1, 0.15) is 6.10 Å². The number of hydrogen-bond acceptors (Lipinski definition) is 2. The van der Waals surface area contributed by atoms with Crippen molar-refractivity contribution in [1.29, 1.82) is 0 Å². The molecule has 0 aliphatic carbocycles. The Morgan fingerprint density at radius 1 is 1.38 bits per heavy atom. The first kappa shape index (κ1) is 9.78. The van der Waals surface area contributed by atoms with Crippen molar-refractivity contribution in [2.24, 2.45) is 0 Å². The van der Waals surface area contributed by atoms with Crippen molar-refractivity contribution in [3.05, 3.63) is 35.4 Å². The highest BCUT2D eigenvalue weighted by atomic mass is 16.5. The van der Waals surface area contributed by atoms with E-state index in [9.17, 15) is 4.79 Å². The Hall–Kier alpha value is -1.31. The lowest BCUT2D eigenvalue weighted by molar-refractivity contribution is 0.175. The molecule has 0 aliphatic rings. The summed E-state index contributed by atoms with van der Waals surface area (Å²) in [6.07, 6.45) is 0.622. The van der Waals surface area contributed by atoms with E-state index in [4.69, 9.17) is 4.74 Å². The molecule has 13 heavy (non-hydrogen) atoms. The van der Waals surface area contributed by atoms with E-state index in [0.29, 0.717) is 0 Å². The predicted molar refractivity (Wildman–Crippen MR) is 51.0 cm³/mol. The summed E-state index contributed by atoms with van der Waals surface area (Å²) in [6, 6.07) is 7.96. The van der Waals surface area contributed by atoms with E-state index in [1.54, 1.807) is 0 Å². The summed E-state index contributed by atoms with van der Waals surface area (Å²) in [7, 11) is 0. The highest BCUT2D eigenvalue weighted by molar-refractivity contribution is 5.39. The monoisotopic (exact) mass is 177 g/mol. The standard InChI is InChI=1S/C11H13O2/c1-3-11(13-8-12)10-6-4-9(2)5-7-10/h4-7,11H,3H2,1-2H3. The van der Waals surface area contributed by atoms with Gasteiger partial charge in [-0.1, -0.05) is 36.8 Å². The van der Waals surface area contributed by atoms with Gasteiger partial charge in [-0.3, -0.25) is 0 Å². The van der Waals surface area contributed by atoms with Crippen LogP contribution in [0.3, 0.4) is 0 Å². The van der Waals surface area contributed by atoms with Gasteiger partial charge in [-0.2, -0.15) is 0 Å². The second kappa shape index (κ2) is 4.65. The Morgan fingerprint density at radius 3 is 2.46 bits per heavy atom. The molecule has 0 aromatic heterocycles. The Balaban J connectivity index is 2.78. The molecule has 0 amide bonds. The van der Waals surface area contributed by atoms with Gasteiger partial charge >= 0.3 is 6.47 Å². The van der Waals surface area contributed by atoms with E-state index in [2.05, 4.69) is 0 Å². The molecule has 0 aliphatic heterocycles. The molecule has 69 valence electrons. The molecule has 1 radical (unpaired) electrons. The van der Waals surface area contributed by atoms with Gasteiger partial charge in [0.15, 0.2) is 0 Å². The zero-order valence-electron chi connectivity index (χ0n) is 7.91. The first-order valence-electron chi connectivity index (χ1n) is 4.37. The maximum Gasteiger partial charge on any atom is 0.418 e. The third kappa shape index (κ3) is 2.58. The van der Waals surface area contributed by atoms with Gasteiger partial charge < -0.3 is 4.74 Å². The third-order valence-electron chi connectivity index (χ3n) is 2.01. The molecule has 2 heteroatoms. The summed E-state index contributed by atoms with van der Waals surface area (Å²) in [6.45, 7) is 5.48. The van der Waals surface area contributed by atoms with Crippen molar-refractivity contribution >= 4 is 6.47 Å². The van der Waals surface area contributed by atoms with Crippen molar-refractivity contribution in [2.75, 3.05) is 0 Å². The van der Waals surface area contributed by atoms with Crippen LogP contribution in [0.15, 0.2) is 24.3 Å². The largest absolute Gasteiger partial charge is 0.449 e. The van der Waals surface area contributed by atoms with Gasteiger partial charge in [-0.05, 0) is 18.9 Å². The van der Waals surface area contributed by atoms with Gasteiger partial charge in [-0.15, -0.1) is 0 Å².